The standard InChI is InChI=1S/Au.Ca.Cu.Sn.Zn.4H/q;+2;;;;;;2*-1. The molecule has 0 unspecified atom stereocenters. The van der Waals surface area contributed by atoms with Gasteiger partial charge in [-0.3, -0.25) is 0 Å². The molecule has 5 heteroatoms. The Morgan fingerprint density at radius 2 is 1.20 bits per heavy atom. The van der Waals surface area contributed by atoms with E-state index in [4.69, 9.17) is 0 Å². The Labute approximate surface area is 121 Å². The molecule has 0 saturated heterocycles. The zero-order valence-electron chi connectivity index (χ0n) is 4.72. The van der Waals surface area contributed by atoms with Crippen molar-refractivity contribution in [2.24, 2.45) is 0 Å². The van der Waals surface area contributed by atoms with Gasteiger partial charge in [-0.1, -0.05) is 0 Å². The minimum Gasteiger partial charge on any atom is 0 e. The van der Waals surface area contributed by atoms with Gasteiger partial charge >= 0.3 is 61.6 Å². The van der Waals surface area contributed by atoms with Gasteiger partial charge < -0.3 is 2.85 Å². The molecule has 0 fully saturated rings. The van der Waals surface area contributed by atoms with Crippen LogP contribution in [0.2, 0.25) is 0 Å². The molecule has 0 aliphatic rings. The number of rotatable bonds is 0. The molecule has 0 atom stereocenters. The first kappa shape index (κ1) is 36.3. The average Bonchev–Trinajstić information content (AvgIpc) is 0. The Kier molecular flexibility index (Phi) is 179. The summed E-state index contributed by atoms with van der Waals surface area (Å²) in [6.07, 6.45) is 0. The van der Waals surface area contributed by atoms with E-state index in [0.29, 0.717) is 0 Å². The van der Waals surface area contributed by atoms with E-state index >= 15 is 0 Å². The quantitative estimate of drug-likeness (QED) is 0.381. The maximum atomic E-state index is 0. The fourth-order valence-electron chi connectivity index (χ4n) is 0. The Bertz CT molecular complexity index is 17.7. The maximum Gasteiger partial charge on any atom is 0 e. The summed E-state index contributed by atoms with van der Waals surface area (Å²) in [7, 11) is 0. The van der Waals surface area contributed by atoms with Crippen molar-refractivity contribution in [1.29, 1.82) is 0 Å². The van der Waals surface area contributed by atoms with E-state index in [0.717, 1.165) is 0 Å². The van der Waals surface area contributed by atoms with Crippen molar-refractivity contribution in [2.45, 2.75) is 0 Å². The second kappa shape index (κ2) is 24.6. The molecule has 5 heavy (non-hydrogen) atoms. The van der Waals surface area contributed by atoms with E-state index in [9.17, 15) is 0 Å². The summed E-state index contributed by atoms with van der Waals surface area (Å²) in [5, 5.41) is 0. The first-order valence-corrected chi connectivity index (χ1v) is 0. The van der Waals surface area contributed by atoms with Crippen LogP contribution in [0.4, 0.5) is 0 Å². The third-order valence-electron chi connectivity index (χ3n) is 0. The van der Waals surface area contributed by atoms with Crippen LogP contribution in [0.5, 0.6) is 0 Å². The summed E-state index contributed by atoms with van der Waals surface area (Å²) in [6.45, 7) is 0. The summed E-state index contributed by atoms with van der Waals surface area (Å²) in [4.78, 5) is 0. The normalized spacial score (nSPS) is 0. The SMILES string of the molecule is [Au].[Ca+2].[Cu].[H-].[H-].[SnH2].[Zn]. The van der Waals surface area contributed by atoms with Gasteiger partial charge in [0.25, 0.3) is 0 Å². The smallest absolute Gasteiger partial charge is 0 e. The number of hydrogen-bond acceptors (Lipinski definition) is 0. The van der Waals surface area contributed by atoms with E-state index < -0.39 is 0 Å². The van der Waals surface area contributed by atoms with Crippen LogP contribution < -0.4 is 0 Å². The molecule has 4 radical (unpaired) electrons. The zero-order chi connectivity index (χ0) is 0. The Balaban J connectivity index is 0. The van der Waals surface area contributed by atoms with Crippen molar-refractivity contribution in [1.82, 2.24) is 0 Å². The first-order valence-electron chi connectivity index (χ1n) is 0. The third-order valence-corrected chi connectivity index (χ3v) is 0. The molecule has 0 aliphatic heterocycles. The Morgan fingerprint density at radius 1 is 1.20 bits per heavy atom. The first-order chi connectivity index (χ1) is 0. The van der Waals surface area contributed by atoms with E-state index in [1.165, 1.54) is 0 Å². The molecule has 34 valence electrons. The van der Waals surface area contributed by atoms with Gasteiger partial charge in [0.15, 0.2) is 0 Å². The second-order valence-corrected chi connectivity index (χ2v) is 0. The van der Waals surface area contributed by atoms with Crippen LogP contribution in [0.15, 0.2) is 0 Å². The van der Waals surface area contributed by atoms with Crippen LogP contribution in [-0.4, -0.2) is 61.6 Å². The largest absolute Gasteiger partial charge is 0 e. The number of hydrogen-bond donors (Lipinski definition) is 0. The van der Waals surface area contributed by atoms with E-state index in [1.54, 1.807) is 0 Å². The fourth-order valence-corrected chi connectivity index (χ4v) is 0. The molecule has 0 aromatic carbocycles. The molecule has 0 aromatic heterocycles. The van der Waals surface area contributed by atoms with Crippen molar-refractivity contribution in [3.8, 4) is 0 Å². The molecule has 0 rings (SSSR count). The molecule has 0 aliphatic carbocycles. The van der Waals surface area contributed by atoms with Crippen LogP contribution in [0, 0.1) is 0 Å². The predicted molar refractivity (Wildman–Crippen MR) is 16.5 cm³/mol. The van der Waals surface area contributed by atoms with Crippen LogP contribution in [-0.2, 0) is 58.9 Å². The Morgan fingerprint density at radius 3 is 1.20 bits per heavy atom. The molecule has 0 saturated carbocycles. The van der Waals surface area contributed by atoms with Crippen molar-refractivity contribution in [3.63, 3.8) is 0 Å². The van der Waals surface area contributed by atoms with Gasteiger partial charge in [-0.05, 0) is 0 Å². The van der Waals surface area contributed by atoms with Gasteiger partial charge in [-0.2, -0.15) is 0 Å². The molecule has 0 bridgehead atoms. The van der Waals surface area contributed by atoms with Crippen molar-refractivity contribution in [3.05, 3.63) is 0 Å². The minimum absolute atomic E-state index is 0. The topological polar surface area (TPSA) is 0 Å². The second-order valence-electron chi connectivity index (χ2n) is 0. The van der Waals surface area contributed by atoms with Crippen molar-refractivity contribution in [2.75, 3.05) is 0 Å². The molecule has 0 N–H and O–H groups in total. The summed E-state index contributed by atoms with van der Waals surface area (Å²) < 4.78 is 0. The van der Waals surface area contributed by atoms with Gasteiger partial charge in [0, 0.05) is 58.9 Å². The van der Waals surface area contributed by atoms with Gasteiger partial charge in [0.2, 0.25) is 0 Å². The zero-order valence-corrected chi connectivity index (χ0v) is 15.0. The van der Waals surface area contributed by atoms with E-state index in [-0.39, 0.29) is 123 Å². The molecule has 0 nitrogen and oxygen atoms in total. The predicted octanol–water partition coefficient (Wildman–Crippen LogP) is -1.08. The third kappa shape index (κ3) is 18.0. The molecule has 0 aromatic rings. The van der Waals surface area contributed by atoms with E-state index in [1.807, 2.05) is 0 Å². The van der Waals surface area contributed by atoms with Crippen molar-refractivity contribution < 1.29 is 61.8 Å². The van der Waals surface area contributed by atoms with Crippen LogP contribution in [0.3, 0.4) is 0 Å². The molecule has 0 heterocycles. The van der Waals surface area contributed by atoms with Crippen LogP contribution >= 0.6 is 0 Å². The van der Waals surface area contributed by atoms with E-state index in [2.05, 4.69) is 0 Å². The Hall–Kier alpha value is 3.94. The molecular weight excluding hydrogens is 485 g/mol. The van der Waals surface area contributed by atoms with Crippen molar-refractivity contribution >= 4 is 61.6 Å². The van der Waals surface area contributed by atoms with Crippen LogP contribution in [0.1, 0.15) is 2.85 Å². The van der Waals surface area contributed by atoms with Gasteiger partial charge in [0.1, 0.15) is 0 Å². The van der Waals surface area contributed by atoms with Crippen LogP contribution in [0.25, 0.3) is 0 Å². The summed E-state index contributed by atoms with van der Waals surface area (Å²) in [6, 6.07) is 0. The molecule has 0 spiro atoms. The maximum absolute atomic E-state index is 0. The molecular formula is H4AuCaCuSnZn. The van der Waals surface area contributed by atoms with Gasteiger partial charge in [-0.15, -0.1) is 0 Å². The monoisotopic (exact) mass is 488 g/mol. The average molecular weight is 489 g/mol. The van der Waals surface area contributed by atoms with Gasteiger partial charge in [-0.25, -0.2) is 0 Å². The van der Waals surface area contributed by atoms with Gasteiger partial charge in [0.05, 0.1) is 0 Å². The fraction of sp³-hybridized carbons (Fsp3) is 0. The summed E-state index contributed by atoms with van der Waals surface area (Å²) in [5.74, 6) is 0. The molecule has 0 amide bonds. The minimum atomic E-state index is 0. The summed E-state index contributed by atoms with van der Waals surface area (Å²) >= 11 is 0. The summed E-state index contributed by atoms with van der Waals surface area (Å²) in [5.41, 5.74) is 0.